The number of carbonyl (C=O) groups excluding carboxylic acids is 1. The van der Waals surface area contributed by atoms with Gasteiger partial charge in [-0.1, -0.05) is 36.8 Å². The number of oxazole rings is 1. The topological polar surface area (TPSA) is 55.1 Å². The summed E-state index contributed by atoms with van der Waals surface area (Å²) in [4.78, 5) is 16.8. The van der Waals surface area contributed by atoms with E-state index in [1.807, 2.05) is 37.3 Å². The molecule has 1 heterocycles. The van der Waals surface area contributed by atoms with E-state index >= 15 is 0 Å². The minimum Gasteiger partial charge on any atom is -0.445 e. The van der Waals surface area contributed by atoms with E-state index in [0.717, 1.165) is 24.3 Å². The van der Waals surface area contributed by atoms with Crippen LogP contribution in [0.15, 0.2) is 34.7 Å². The monoisotopic (exact) mass is 284 g/mol. The number of amides is 1. The van der Waals surface area contributed by atoms with Gasteiger partial charge in [-0.15, -0.1) is 0 Å². The summed E-state index contributed by atoms with van der Waals surface area (Å²) in [5.41, 5.74) is 1.49. The zero-order valence-corrected chi connectivity index (χ0v) is 12.4. The van der Waals surface area contributed by atoms with Gasteiger partial charge < -0.3 is 9.73 Å². The Morgan fingerprint density at radius 1 is 1.33 bits per heavy atom. The van der Waals surface area contributed by atoms with Crippen molar-refractivity contribution < 1.29 is 9.21 Å². The van der Waals surface area contributed by atoms with Gasteiger partial charge in [0.25, 0.3) is 5.91 Å². The molecule has 0 spiro atoms. The fourth-order valence-electron chi connectivity index (χ4n) is 2.55. The summed E-state index contributed by atoms with van der Waals surface area (Å²) in [6, 6.07) is 9.84. The van der Waals surface area contributed by atoms with Gasteiger partial charge in [-0.25, -0.2) is 4.98 Å². The van der Waals surface area contributed by atoms with Gasteiger partial charge in [0, 0.05) is 5.92 Å². The molecular formula is C17H20N2O2. The Morgan fingerprint density at radius 3 is 2.67 bits per heavy atom. The summed E-state index contributed by atoms with van der Waals surface area (Å²) in [6.07, 6.45) is 3.45. The Hall–Kier alpha value is -2.10. The number of nitrogens with one attached hydrogen (secondary N) is 1. The maximum Gasteiger partial charge on any atom is 0.274 e. The van der Waals surface area contributed by atoms with Crippen LogP contribution >= 0.6 is 0 Å². The van der Waals surface area contributed by atoms with E-state index in [-0.39, 0.29) is 11.9 Å². The number of aromatic nitrogens is 1. The van der Waals surface area contributed by atoms with Crippen LogP contribution in [0.25, 0.3) is 0 Å². The van der Waals surface area contributed by atoms with Crippen LogP contribution in [0.2, 0.25) is 0 Å². The van der Waals surface area contributed by atoms with Crippen molar-refractivity contribution in [2.75, 3.05) is 0 Å². The van der Waals surface area contributed by atoms with Crippen molar-refractivity contribution in [3.8, 4) is 0 Å². The maximum absolute atomic E-state index is 12.4. The van der Waals surface area contributed by atoms with Gasteiger partial charge in [0.2, 0.25) is 0 Å². The molecule has 4 heteroatoms. The fourth-order valence-corrected chi connectivity index (χ4v) is 2.55. The van der Waals surface area contributed by atoms with E-state index < -0.39 is 0 Å². The zero-order valence-electron chi connectivity index (χ0n) is 12.4. The molecule has 0 unspecified atom stereocenters. The largest absolute Gasteiger partial charge is 0.445 e. The first kappa shape index (κ1) is 13.9. The van der Waals surface area contributed by atoms with Gasteiger partial charge in [-0.2, -0.15) is 0 Å². The van der Waals surface area contributed by atoms with Crippen LogP contribution in [0, 0.1) is 6.92 Å². The minimum atomic E-state index is -0.168. The number of nitrogens with zero attached hydrogens (tertiary/aromatic N) is 1. The van der Waals surface area contributed by atoms with Crippen molar-refractivity contribution >= 4 is 5.91 Å². The summed E-state index contributed by atoms with van der Waals surface area (Å²) < 4.78 is 5.66. The lowest BCUT2D eigenvalue weighted by Gasteiger charge is -2.21. The lowest BCUT2D eigenvalue weighted by molar-refractivity contribution is 0.0934. The van der Waals surface area contributed by atoms with E-state index in [1.54, 1.807) is 6.92 Å². The first-order valence-electron chi connectivity index (χ1n) is 7.48. The zero-order chi connectivity index (χ0) is 14.8. The second-order valence-electron chi connectivity index (χ2n) is 5.69. The molecule has 0 saturated heterocycles. The second kappa shape index (κ2) is 5.72. The van der Waals surface area contributed by atoms with Crippen LogP contribution < -0.4 is 5.32 Å². The first-order valence-corrected chi connectivity index (χ1v) is 7.48. The molecule has 4 nitrogen and oxygen atoms in total. The van der Waals surface area contributed by atoms with Gasteiger partial charge in [-0.05, 0) is 32.3 Å². The highest BCUT2D eigenvalue weighted by Gasteiger charge is 2.27. The molecule has 1 N–H and O–H groups in total. The third-order valence-corrected chi connectivity index (χ3v) is 4.13. The van der Waals surface area contributed by atoms with Crippen LogP contribution in [0.4, 0.5) is 0 Å². The van der Waals surface area contributed by atoms with Crippen molar-refractivity contribution in [1.29, 1.82) is 0 Å². The molecule has 21 heavy (non-hydrogen) atoms. The van der Waals surface area contributed by atoms with Gasteiger partial charge in [-0.3, -0.25) is 4.79 Å². The Bertz CT molecular complexity index is 629. The minimum absolute atomic E-state index is 0.0537. The molecule has 1 aromatic heterocycles. The molecule has 0 aliphatic heterocycles. The highest BCUT2D eigenvalue weighted by Crippen LogP contribution is 2.36. The van der Waals surface area contributed by atoms with Crippen molar-refractivity contribution in [3.63, 3.8) is 0 Å². The molecule has 1 saturated carbocycles. The van der Waals surface area contributed by atoms with Gasteiger partial charge in [0.15, 0.2) is 11.6 Å². The van der Waals surface area contributed by atoms with E-state index in [9.17, 15) is 4.79 Å². The average molecular weight is 284 g/mol. The lowest BCUT2D eigenvalue weighted by Crippen LogP contribution is -2.27. The van der Waals surface area contributed by atoms with Crippen molar-refractivity contribution in [1.82, 2.24) is 10.3 Å². The first-order chi connectivity index (χ1) is 10.1. The summed E-state index contributed by atoms with van der Waals surface area (Å²) in [5, 5.41) is 2.98. The van der Waals surface area contributed by atoms with E-state index in [1.165, 1.54) is 6.42 Å². The standard InChI is InChI=1S/C17H20N2O2/c1-11(13-7-4-3-5-8-13)18-16(20)15-12(2)21-17(19-15)14-9-6-10-14/h3-5,7-8,11,14H,6,9-10H2,1-2H3,(H,18,20)/t11-/m1/s1. The van der Waals surface area contributed by atoms with Gasteiger partial charge in [0.1, 0.15) is 5.76 Å². The molecule has 1 aromatic carbocycles. The fraction of sp³-hybridized carbons (Fsp3) is 0.412. The van der Waals surface area contributed by atoms with E-state index in [0.29, 0.717) is 17.4 Å². The van der Waals surface area contributed by atoms with E-state index in [4.69, 9.17) is 4.42 Å². The van der Waals surface area contributed by atoms with Crippen LogP contribution in [0.1, 0.15) is 65.8 Å². The molecule has 3 rings (SSSR count). The van der Waals surface area contributed by atoms with Gasteiger partial charge in [0.05, 0.1) is 6.04 Å². The van der Waals surface area contributed by atoms with Crippen molar-refractivity contribution in [3.05, 3.63) is 53.2 Å². The highest BCUT2D eigenvalue weighted by atomic mass is 16.4. The summed E-state index contributed by atoms with van der Waals surface area (Å²) in [6.45, 7) is 3.77. The van der Waals surface area contributed by atoms with Crippen molar-refractivity contribution in [2.24, 2.45) is 0 Å². The summed E-state index contributed by atoms with van der Waals surface area (Å²) in [5.74, 6) is 1.56. The number of hydrogen-bond acceptors (Lipinski definition) is 3. The second-order valence-corrected chi connectivity index (χ2v) is 5.69. The Balaban J connectivity index is 1.71. The molecule has 0 bridgehead atoms. The normalized spacial score (nSPS) is 16.3. The Morgan fingerprint density at radius 2 is 2.05 bits per heavy atom. The van der Waals surface area contributed by atoms with Crippen molar-refractivity contribution in [2.45, 2.75) is 45.1 Å². The quantitative estimate of drug-likeness (QED) is 0.930. The molecule has 1 aliphatic carbocycles. The molecule has 0 radical (unpaired) electrons. The van der Waals surface area contributed by atoms with Crippen LogP contribution in [-0.4, -0.2) is 10.9 Å². The third-order valence-electron chi connectivity index (χ3n) is 4.13. The SMILES string of the molecule is Cc1oc(C2CCC2)nc1C(=O)N[C@H](C)c1ccccc1. The predicted molar refractivity (Wildman–Crippen MR) is 80.2 cm³/mol. The molecule has 110 valence electrons. The highest BCUT2D eigenvalue weighted by molar-refractivity contribution is 5.93. The number of carbonyl (C=O) groups is 1. The van der Waals surface area contributed by atoms with E-state index in [2.05, 4.69) is 10.3 Å². The average Bonchev–Trinajstić information content (AvgIpc) is 2.79. The molecule has 1 fully saturated rings. The summed E-state index contributed by atoms with van der Waals surface area (Å²) in [7, 11) is 0. The molecule has 1 atom stereocenters. The van der Waals surface area contributed by atoms with Gasteiger partial charge >= 0.3 is 0 Å². The number of benzene rings is 1. The maximum atomic E-state index is 12.4. The predicted octanol–water partition coefficient (Wildman–Crippen LogP) is 3.74. The number of hydrogen-bond donors (Lipinski definition) is 1. The Labute approximate surface area is 124 Å². The van der Waals surface area contributed by atoms with Crippen LogP contribution in [0.5, 0.6) is 0 Å². The number of rotatable bonds is 4. The Kier molecular flexibility index (Phi) is 3.78. The lowest BCUT2D eigenvalue weighted by atomic mass is 9.85. The smallest absolute Gasteiger partial charge is 0.274 e. The van der Waals surface area contributed by atoms with Crippen LogP contribution in [-0.2, 0) is 0 Å². The molecule has 2 aromatic rings. The molecule has 1 amide bonds. The van der Waals surface area contributed by atoms with Crippen LogP contribution in [0.3, 0.4) is 0 Å². The summed E-state index contributed by atoms with van der Waals surface area (Å²) >= 11 is 0. The molecular weight excluding hydrogens is 264 g/mol. The third kappa shape index (κ3) is 2.84. The number of aryl methyl sites for hydroxylation is 1. The molecule has 1 aliphatic rings.